The third-order valence-electron chi connectivity index (χ3n) is 2.69. The van der Waals surface area contributed by atoms with Gasteiger partial charge in [-0.05, 0) is 30.5 Å². The molecule has 0 aliphatic rings. The van der Waals surface area contributed by atoms with Crippen LogP contribution in [0.4, 0.5) is 4.79 Å². The van der Waals surface area contributed by atoms with E-state index < -0.39 is 24.5 Å². The number of benzene rings is 1. The Morgan fingerprint density at radius 2 is 1.74 bits per heavy atom. The first-order valence-corrected chi connectivity index (χ1v) is 7.74. The average Bonchev–Trinajstić information content (AvgIpc) is 2.43. The van der Waals surface area contributed by atoms with Gasteiger partial charge in [-0.1, -0.05) is 37.0 Å². The van der Waals surface area contributed by atoms with E-state index in [4.69, 9.17) is 27.9 Å². The SMILES string of the molecule is CC(C)CCNC(=O)NC(=O)COC(=O)c1cc(Cl)cc(Cl)c1. The number of imide groups is 1. The molecule has 126 valence electrons. The summed E-state index contributed by atoms with van der Waals surface area (Å²) in [4.78, 5) is 34.7. The maximum absolute atomic E-state index is 11.8. The van der Waals surface area contributed by atoms with Crippen LogP contribution in [-0.2, 0) is 9.53 Å². The molecule has 0 radical (unpaired) electrons. The van der Waals surface area contributed by atoms with Crippen LogP contribution in [0.5, 0.6) is 0 Å². The van der Waals surface area contributed by atoms with Crippen LogP contribution in [0.2, 0.25) is 10.0 Å². The third-order valence-corrected chi connectivity index (χ3v) is 3.13. The molecule has 0 unspecified atom stereocenters. The van der Waals surface area contributed by atoms with E-state index in [1.807, 2.05) is 13.8 Å². The van der Waals surface area contributed by atoms with Crippen molar-refractivity contribution in [2.75, 3.05) is 13.2 Å². The molecule has 8 heteroatoms. The van der Waals surface area contributed by atoms with Crippen molar-refractivity contribution in [2.45, 2.75) is 20.3 Å². The van der Waals surface area contributed by atoms with E-state index in [0.29, 0.717) is 12.5 Å². The molecule has 0 fully saturated rings. The Hall–Kier alpha value is -1.79. The number of amides is 3. The van der Waals surface area contributed by atoms with Crippen molar-refractivity contribution in [3.05, 3.63) is 33.8 Å². The number of nitrogens with one attached hydrogen (secondary N) is 2. The van der Waals surface area contributed by atoms with Gasteiger partial charge in [0.1, 0.15) is 0 Å². The van der Waals surface area contributed by atoms with Crippen LogP contribution in [0.25, 0.3) is 0 Å². The van der Waals surface area contributed by atoms with Crippen LogP contribution in [-0.4, -0.2) is 31.1 Å². The highest BCUT2D eigenvalue weighted by molar-refractivity contribution is 6.35. The fourth-order valence-electron chi connectivity index (χ4n) is 1.57. The summed E-state index contributed by atoms with van der Waals surface area (Å²) < 4.78 is 4.80. The van der Waals surface area contributed by atoms with Crippen LogP contribution in [0.1, 0.15) is 30.6 Å². The topological polar surface area (TPSA) is 84.5 Å². The Balaban J connectivity index is 2.37. The van der Waals surface area contributed by atoms with E-state index in [0.717, 1.165) is 6.42 Å². The fraction of sp³-hybridized carbons (Fsp3) is 0.400. The fourth-order valence-corrected chi connectivity index (χ4v) is 2.09. The van der Waals surface area contributed by atoms with Crippen molar-refractivity contribution in [1.82, 2.24) is 10.6 Å². The first-order valence-electron chi connectivity index (χ1n) is 6.99. The quantitative estimate of drug-likeness (QED) is 0.763. The molecular formula is C15H18Cl2N2O4. The third kappa shape index (κ3) is 7.85. The summed E-state index contributed by atoms with van der Waals surface area (Å²) in [5.41, 5.74) is 0.122. The number of ether oxygens (including phenoxy) is 1. The van der Waals surface area contributed by atoms with Gasteiger partial charge in [0.15, 0.2) is 6.61 Å². The van der Waals surface area contributed by atoms with Gasteiger partial charge in [-0.2, -0.15) is 0 Å². The van der Waals surface area contributed by atoms with Crippen LogP contribution in [0, 0.1) is 5.92 Å². The lowest BCUT2D eigenvalue weighted by Crippen LogP contribution is -2.41. The number of carbonyl (C=O) groups excluding carboxylic acids is 3. The lowest BCUT2D eigenvalue weighted by molar-refractivity contribution is -0.123. The predicted octanol–water partition coefficient (Wildman–Crippen LogP) is 3.02. The van der Waals surface area contributed by atoms with Gasteiger partial charge in [-0.15, -0.1) is 0 Å². The van der Waals surface area contributed by atoms with Gasteiger partial charge < -0.3 is 10.1 Å². The van der Waals surface area contributed by atoms with Crippen LogP contribution >= 0.6 is 23.2 Å². The molecule has 1 aromatic carbocycles. The molecular weight excluding hydrogens is 343 g/mol. The molecule has 3 amide bonds. The van der Waals surface area contributed by atoms with Gasteiger partial charge in [0, 0.05) is 16.6 Å². The van der Waals surface area contributed by atoms with Crippen molar-refractivity contribution in [3.8, 4) is 0 Å². The highest BCUT2D eigenvalue weighted by Crippen LogP contribution is 2.19. The number of urea groups is 1. The molecule has 0 spiro atoms. The number of rotatable bonds is 6. The first-order chi connectivity index (χ1) is 10.8. The zero-order valence-electron chi connectivity index (χ0n) is 12.8. The summed E-state index contributed by atoms with van der Waals surface area (Å²) in [6.07, 6.45) is 0.798. The predicted molar refractivity (Wildman–Crippen MR) is 87.7 cm³/mol. The molecule has 6 nitrogen and oxygen atoms in total. The van der Waals surface area contributed by atoms with Gasteiger partial charge in [0.05, 0.1) is 5.56 Å². The number of hydrogen-bond donors (Lipinski definition) is 2. The van der Waals surface area contributed by atoms with Gasteiger partial charge in [-0.25, -0.2) is 9.59 Å². The molecule has 0 heterocycles. The van der Waals surface area contributed by atoms with E-state index in [-0.39, 0.29) is 15.6 Å². The largest absolute Gasteiger partial charge is 0.452 e. The summed E-state index contributed by atoms with van der Waals surface area (Å²) in [5, 5.41) is 5.15. The van der Waals surface area contributed by atoms with Crippen molar-refractivity contribution >= 4 is 41.1 Å². The monoisotopic (exact) mass is 360 g/mol. The van der Waals surface area contributed by atoms with E-state index >= 15 is 0 Å². The Labute approximate surface area is 144 Å². The van der Waals surface area contributed by atoms with Gasteiger partial charge in [0.25, 0.3) is 5.91 Å². The second kappa shape index (κ2) is 9.37. The Morgan fingerprint density at radius 1 is 1.13 bits per heavy atom. The summed E-state index contributed by atoms with van der Waals surface area (Å²) in [6.45, 7) is 3.91. The van der Waals surface area contributed by atoms with Crippen molar-refractivity contribution in [2.24, 2.45) is 5.92 Å². The van der Waals surface area contributed by atoms with E-state index in [9.17, 15) is 14.4 Å². The van der Waals surface area contributed by atoms with Crippen LogP contribution in [0.15, 0.2) is 18.2 Å². The number of halogens is 2. The van der Waals surface area contributed by atoms with Crippen LogP contribution in [0.3, 0.4) is 0 Å². The molecule has 0 aliphatic heterocycles. The number of carbonyl (C=O) groups is 3. The van der Waals surface area contributed by atoms with E-state index in [2.05, 4.69) is 10.6 Å². The van der Waals surface area contributed by atoms with Crippen molar-refractivity contribution < 1.29 is 19.1 Å². The average molecular weight is 361 g/mol. The molecule has 1 rings (SSSR count). The lowest BCUT2D eigenvalue weighted by Gasteiger charge is -2.09. The molecule has 0 saturated heterocycles. The minimum Gasteiger partial charge on any atom is -0.452 e. The summed E-state index contributed by atoms with van der Waals surface area (Å²) in [7, 11) is 0. The molecule has 0 atom stereocenters. The lowest BCUT2D eigenvalue weighted by atomic mass is 10.1. The molecule has 0 aromatic heterocycles. The van der Waals surface area contributed by atoms with Gasteiger partial charge in [0.2, 0.25) is 0 Å². The Kier molecular flexibility index (Phi) is 7.85. The van der Waals surface area contributed by atoms with Crippen molar-refractivity contribution in [1.29, 1.82) is 0 Å². The van der Waals surface area contributed by atoms with Crippen LogP contribution < -0.4 is 10.6 Å². The normalized spacial score (nSPS) is 10.3. The highest BCUT2D eigenvalue weighted by Gasteiger charge is 2.13. The molecule has 0 aliphatic carbocycles. The maximum Gasteiger partial charge on any atom is 0.338 e. The number of esters is 1. The minimum atomic E-state index is -0.759. The molecule has 2 N–H and O–H groups in total. The summed E-state index contributed by atoms with van der Waals surface area (Å²) in [6, 6.07) is 3.57. The highest BCUT2D eigenvalue weighted by atomic mass is 35.5. The first kappa shape index (κ1) is 19.3. The molecule has 0 bridgehead atoms. The maximum atomic E-state index is 11.8. The molecule has 23 heavy (non-hydrogen) atoms. The zero-order chi connectivity index (χ0) is 17.4. The van der Waals surface area contributed by atoms with E-state index in [1.165, 1.54) is 18.2 Å². The molecule has 0 saturated carbocycles. The Morgan fingerprint density at radius 3 is 2.30 bits per heavy atom. The van der Waals surface area contributed by atoms with Crippen molar-refractivity contribution in [3.63, 3.8) is 0 Å². The van der Waals surface area contributed by atoms with Gasteiger partial charge >= 0.3 is 12.0 Å². The zero-order valence-corrected chi connectivity index (χ0v) is 14.3. The summed E-state index contributed by atoms with van der Waals surface area (Å²) in [5.74, 6) is -1.05. The second-order valence-corrected chi connectivity index (χ2v) is 6.09. The van der Waals surface area contributed by atoms with Gasteiger partial charge in [-0.3, -0.25) is 10.1 Å². The minimum absolute atomic E-state index is 0.122. The Bertz CT molecular complexity index is 571. The van der Waals surface area contributed by atoms with E-state index in [1.54, 1.807) is 0 Å². The standard InChI is InChI=1S/C15H18Cl2N2O4/c1-9(2)3-4-18-15(22)19-13(20)8-23-14(21)10-5-11(16)7-12(17)6-10/h5-7,9H,3-4,8H2,1-2H3,(H2,18,19,20,22). The second-order valence-electron chi connectivity index (χ2n) is 5.22. The number of hydrogen-bond acceptors (Lipinski definition) is 4. The smallest absolute Gasteiger partial charge is 0.338 e. The summed E-state index contributed by atoms with van der Waals surface area (Å²) >= 11 is 11.5. The molecule has 1 aromatic rings.